The van der Waals surface area contributed by atoms with Gasteiger partial charge in [0.1, 0.15) is 12.2 Å². The normalized spacial score (nSPS) is 24.8. The number of morpholine rings is 1. The molecule has 1 atom stereocenters. The molecular formula is C14H25N5O3S. The van der Waals surface area contributed by atoms with Gasteiger partial charge in [-0.3, -0.25) is 4.90 Å². The Morgan fingerprint density at radius 3 is 2.83 bits per heavy atom. The van der Waals surface area contributed by atoms with Crippen LogP contribution in [0.2, 0.25) is 0 Å². The molecule has 23 heavy (non-hydrogen) atoms. The molecule has 8 nitrogen and oxygen atoms in total. The molecule has 1 aromatic rings. The summed E-state index contributed by atoms with van der Waals surface area (Å²) in [4.78, 5) is 6.47. The molecule has 0 saturated carbocycles. The number of sulfonamides is 1. The maximum absolute atomic E-state index is 12.8. The predicted octanol–water partition coefficient (Wildman–Crippen LogP) is -0.0756. The van der Waals surface area contributed by atoms with Gasteiger partial charge in [0.05, 0.1) is 25.0 Å². The molecule has 0 aliphatic carbocycles. The van der Waals surface area contributed by atoms with Gasteiger partial charge >= 0.3 is 0 Å². The summed E-state index contributed by atoms with van der Waals surface area (Å²) in [6, 6.07) is 0. The van der Waals surface area contributed by atoms with E-state index in [0.717, 1.165) is 31.8 Å². The molecule has 0 N–H and O–H groups in total. The van der Waals surface area contributed by atoms with E-state index in [1.807, 2.05) is 11.6 Å². The van der Waals surface area contributed by atoms with Gasteiger partial charge in [0.15, 0.2) is 0 Å². The van der Waals surface area contributed by atoms with Crippen LogP contribution in [-0.4, -0.2) is 77.0 Å². The first-order valence-electron chi connectivity index (χ1n) is 8.27. The Labute approximate surface area is 137 Å². The van der Waals surface area contributed by atoms with Gasteiger partial charge in [0.2, 0.25) is 10.0 Å². The zero-order valence-electron chi connectivity index (χ0n) is 13.6. The number of piperidine rings is 1. The van der Waals surface area contributed by atoms with Crippen LogP contribution in [0.1, 0.15) is 25.6 Å². The van der Waals surface area contributed by atoms with E-state index in [9.17, 15) is 8.42 Å². The van der Waals surface area contributed by atoms with E-state index in [2.05, 4.69) is 15.0 Å². The standard InChI is InChI=1S/C14H25N5O3S/c1-2-19-14(15-12-16-19)11-17-5-3-4-13(10-17)23(20,21)18-6-8-22-9-7-18/h12-13H,2-11H2,1H3/t13-/m1/s1. The van der Waals surface area contributed by atoms with Gasteiger partial charge in [0.25, 0.3) is 0 Å². The van der Waals surface area contributed by atoms with E-state index in [1.165, 1.54) is 0 Å². The van der Waals surface area contributed by atoms with Crippen LogP contribution in [-0.2, 0) is 27.8 Å². The molecule has 0 bridgehead atoms. The van der Waals surface area contributed by atoms with Crippen LogP contribution in [0, 0.1) is 0 Å². The second kappa shape index (κ2) is 7.25. The van der Waals surface area contributed by atoms with Crippen molar-refractivity contribution < 1.29 is 13.2 Å². The molecule has 0 radical (unpaired) electrons. The summed E-state index contributed by atoms with van der Waals surface area (Å²) in [7, 11) is -3.24. The highest BCUT2D eigenvalue weighted by Crippen LogP contribution is 2.22. The van der Waals surface area contributed by atoms with Crippen molar-refractivity contribution in [3.8, 4) is 0 Å². The minimum absolute atomic E-state index is 0.327. The predicted molar refractivity (Wildman–Crippen MR) is 85.3 cm³/mol. The second-order valence-corrected chi connectivity index (χ2v) is 8.26. The summed E-state index contributed by atoms with van der Waals surface area (Å²) in [6.07, 6.45) is 3.19. The average Bonchev–Trinajstić information content (AvgIpc) is 3.03. The molecule has 2 aliphatic rings. The van der Waals surface area contributed by atoms with Crippen molar-refractivity contribution in [2.45, 2.75) is 38.1 Å². The summed E-state index contributed by atoms with van der Waals surface area (Å²) >= 11 is 0. The number of rotatable bonds is 5. The Morgan fingerprint density at radius 2 is 2.09 bits per heavy atom. The van der Waals surface area contributed by atoms with Crippen LogP contribution in [0.3, 0.4) is 0 Å². The van der Waals surface area contributed by atoms with E-state index in [1.54, 1.807) is 10.6 Å². The molecule has 0 aromatic carbocycles. The van der Waals surface area contributed by atoms with Crippen molar-refractivity contribution >= 4 is 10.0 Å². The summed E-state index contributed by atoms with van der Waals surface area (Å²) in [5.74, 6) is 0.900. The number of ether oxygens (including phenoxy) is 1. The SMILES string of the molecule is CCn1ncnc1CN1CCC[C@@H](S(=O)(=O)N2CCOCC2)C1. The van der Waals surface area contributed by atoms with Crippen molar-refractivity contribution in [1.82, 2.24) is 24.0 Å². The third kappa shape index (κ3) is 3.73. The van der Waals surface area contributed by atoms with Crippen molar-refractivity contribution in [3.63, 3.8) is 0 Å². The van der Waals surface area contributed by atoms with Gasteiger partial charge in [-0.05, 0) is 26.3 Å². The Balaban J connectivity index is 1.65. The van der Waals surface area contributed by atoms with Crippen LogP contribution in [0.4, 0.5) is 0 Å². The highest BCUT2D eigenvalue weighted by atomic mass is 32.2. The molecule has 130 valence electrons. The largest absolute Gasteiger partial charge is 0.379 e. The number of aromatic nitrogens is 3. The molecule has 3 heterocycles. The van der Waals surface area contributed by atoms with Crippen LogP contribution in [0.15, 0.2) is 6.33 Å². The fourth-order valence-corrected chi connectivity index (χ4v) is 5.23. The fraction of sp³-hybridized carbons (Fsp3) is 0.857. The topological polar surface area (TPSA) is 80.6 Å². The molecule has 2 fully saturated rings. The van der Waals surface area contributed by atoms with Gasteiger partial charge in [-0.1, -0.05) is 0 Å². The number of nitrogens with zero attached hydrogens (tertiary/aromatic N) is 5. The Hall–Kier alpha value is -1.03. The van der Waals surface area contributed by atoms with Gasteiger partial charge in [-0.25, -0.2) is 18.1 Å². The lowest BCUT2D eigenvalue weighted by molar-refractivity contribution is 0.0718. The fourth-order valence-electron chi connectivity index (χ4n) is 3.29. The highest BCUT2D eigenvalue weighted by Gasteiger charge is 2.36. The lowest BCUT2D eigenvalue weighted by atomic mass is 10.1. The molecule has 3 rings (SSSR count). The van der Waals surface area contributed by atoms with Gasteiger partial charge in [-0.2, -0.15) is 9.40 Å². The van der Waals surface area contributed by atoms with E-state index in [0.29, 0.717) is 39.4 Å². The quantitative estimate of drug-likeness (QED) is 0.744. The first-order valence-corrected chi connectivity index (χ1v) is 9.77. The van der Waals surface area contributed by atoms with Crippen LogP contribution >= 0.6 is 0 Å². The van der Waals surface area contributed by atoms with Crippen molar-refractivity contribution in [2.24, 2.45) is 0 Å². The van der Waals surface area contributed by atoms with E-state index in [-0.39, 0.29) is 5.25 Å². The zero-order valence-corrected chi connectivity index (χ0v) is 14.4. The third-order valence-corrected chi connectivity index (χ3v) is 6.89. The molecule has 9 heteroatoms. The average molecular weight is 343 g/mol. The van der Waals surface area contributed by atoms with Gasteiger partial charge in [-0.15, -0.1) is 0 Å². The van der Waals surface area contributed by atoms with Crippen molar-refractivity contribution in [1.29, 1.82) is 0 Å². The molecule has 2 saturated heterocycles. The lowest BCUT2D eigenvalue weighted by Gasteiger charge is -2.36. The number of hydrogen-bond acceptors (Lipinski definition) is 6. The number of aryl methyl sites for hydroxylation is 1. The maximum Gasteiger partial charge on any atom is 0.218 e. The smallest absolute Gasteiger partial charge is 0.218 e. The van der Waals surface area contributed by atoms with Gasteiger partial charge < -0.3 is 4.74 Å². The summed E-state index contributed by atoms with van der Waals surface area (Å²) in [6.45, 7) is 6.88. The van der Waals surface area contributed by atoms with E-state index >= 15 is 0 Å². The minimum Gasteiger partial charge on any atom is -0.379 e. The Kier molecular flexibility index (Phi) is 5.30. The molecule has 1 aromatic heterocycles. The third-order valence-electron chi connectivity index (χ3n) is 4.57. The summed E-state index contributed by atoms with van der Waals surface area (Å²) in [5.41, 5.74) is 0. The monoisotopic (exact) mass is 343 g/mol. The van der Waals surface area contributed by atoms with E-state index < -0.39 is 10.0 Å². The summed E-state index contributed by atoms with van der Waals surface area (Å²) < 4.78 is 34.4. The van der Waals surface area contributed by atoms with Crippen LogP contribution in [0.25, 0.3) is 0 Å². The molecule has 0 spiro atoms. The second-order valence-electron chi connectivity index (χ2n) is 6.05. The first kappa shape index (κ1) is 16.8. The van der Waals surface area contributed by atoms with Gasteiger partial charge in [0, 0.05) is 26.2 Å². The number of hydrogen-bond donors (Lipinski definition) is 0. The molecule has 2 aliphatic heterocycles. The van der Waals surface area contributed by atoms with Crippen LogP contribution < -0.4 is 0 Å². The Morgan fingerprint density at radius 1 is 1.30 bits per heavy atom. The van der Waals surface area contributed by atoms with Crippen molar-refractivity contribution in [2.75, 3.05) is 39.4 Å². The lowest BCUT2D eigenvalue weighted by Crippen LogP contribution is -2.50. The van der Waals surface area contributed by atoms with Crippen molar-refractivity contribution in [3.05, 3.63) is 12.2 Å². The highest BCUT2D eigenvalue weighted by molar-refractivity contribution is 7.89. The zero-order chi connectivity index (χ0) is 16.3. The first-order chi connectivity index (χ1) is 11.1. The molecule has 0 amide bonds. The Bertz CT molecular complexity index is 612. The molecule has 0 unspecified atom stereocenters. The summed E-state index contributed by atoms with van der Waals surface area (Å²) in [5, 5.41) is 3.85. The molecular weight excluding hydrogens is 318 g/mol. The minimum atomic E-state index is -3.24. The van der Waals surface area contributed by atoms with E-state index in [4.69, 9.17) is 4.74 Å². The maximum atomic E-state index is 12.8. The number of likely N-dealkylation sites (tertiary alicyclic amines) is 1. The van der Waals surface area contributed by atoms with Crippen LogP contribution in [0.5, 0.6) is 0 Å².